The van der Waals surface area contributed by atoms with Crippen LogP contribution in [0.15, 0.2) is 65.6 Å². The predicted octanol–water partition coefficient (Wildman–Crippen LogP) is 5.59. The number of non-ortho nitro benzene ring substituents is 1. The van der Waals surface area contributed by atoms with E-state index in [4.69, 9.17) is 4.74 Å². The van der Waals surface area contributed by atoms with Crippen molar-refractivity contribution in [3.63, 3.8) is 0 Å². The van der Waals surface area contributed by atoms with Crippen molar-refractivity contribution in [1.29, 1.82) is 0 Å². The van der Waals surface area contributed by atoms with E-state index in [1.54, 1.807) is 18.2 Å². The molecule has 1 aliphatic rings. The van der Waals surface area contributed by atoms with Crippen molar-refractivity contribution < 1.29 is 29.0 Å². The Morgan fingerprint density at radius 1 is 1.03 bits per heavy atom. The number of hydrogen-bond acceptors (Lipinski definition) is 9. The van der Waals surface area contributed by atoms with E-state index < -0.39 is 44.8 Å². The number of rotatable bonds is 8. The number of nitrogens with one attached hydrogen (secondary N) is 1. The molecule has 3 aromatic carbocycles. The van der Waals surface area contributed by atoms with Gasteiger partial charge in [-0.1, -0.05) is 29.8 Å². The molecule has 12 nitrogen and oxygen atoms in total. The lowest BCUT2D eigenvalue weighted by Gasteiger charge is -2.14. The van der Waals surface area contributed by atoms with Gasteiger partial charge in [0, 0.05) is 11.8 Å². The molecule has 0 saturated carbocycles. The number of anilines is 1. The van der Waals surface area contributed by atoms with E-state index in [0.717, 1.165) is 34.2 Å². The first kappa shape index (κ1) is 27.0. The first-order chi connectivity index (χ1) is 18.5. The van der Waals surface area contributed by atoms with E-state index >= 15 is 0 Å². The van der Waals surface area contributed by atoms with Gasteiger partial charge in [0.2, 0.25) is 11.7 Å². The molecular formula is C26H20N4O8S. The van der Waals surface area contributed by atoms with Crippen molar-refractivity contribution in [3.8, 4) is 11.5 Å². The van der Waals surface area contributed by atoms with Gasteiger partial charge in [0.05, 0.1) is 20.8 Å². The zero-order valence-electron chi connectivity index (χ0n) is 20.6. The SMILES string of the molecule is Cc1ccc(NC(=O)CN2C(=O)S/C(=C/c3cccc(Oc4ccc([N+](=O)[O-])cc4[N+](=O)[O-])c3)C2=O)c(C)c1. The third kappa shape index (κ3) is 6.27. The van der Waals surface area contributed by atoms with Crippen LogP contribution >= 0.6 is 11.8 Å². The zero-order chi connectivity index (χ0) is 28.3. The molecule has 1 N–H and O–H groups in total. The number of aryl methyl sites for hydroxylation is 2. The van der Waals surface area contributed by atoms with Gasteiger partial charge < -0.3 is 10.1 Å². The van der Waals surface area contributed by atoms with Crippen molar-refractivity contribution in [2.24, 2.45) is 0 Å². The highest BCUT2D eigenvalue weighted by atomic mass is 32.2. The van der Waals surface area contributed by atoms with Crippen molar-refractivity contribution in [2.75, 3.05) is 11.9 Å². The van der Waals surface area contributed by atoms with Crippen molar-refractivity contribution in [2.45, 2.75) is 13.8 Å². The molecule has 1 fully saturated rings. The molecule has 1 saturated heterocycles. The Kier molecular flexibility index (Phi) is 7.72. The molecule has 0 bridgehead atoms. The number of nitro groups is 2. The molecule has 0 unspecified atom stereocenters. The van der Waals surface area contributed by atoms with Crippen LogP contribution in [0.2, 0.25) is 0 Å². The van der Waals surface area contributed by atoms with Crippen molar-refractivity contribution in [1.82, 2.24) is 4.90 Å². The summed E-state index contributed by atoms with van der Waals surface area (Å²) in [6.07, 6.45) is 1.43. The Bertz CT molecular complexity index is 1570. The summed E-state index contributed by atoms with van der Waals surface area (Å²) < 4.78 is 5.59. The molecule has 3 aromatic rings. The highest BCUT2D eigenvalue weighted by Gasteiger charge is 2.36. The molecular weight excluding hydrogens is 528 g/mol. The fourth-order valence-electron chi connectivity index (χ4n) is 3.72. The number of carbonyl (C=O) groups excluding carboxylic acids is 3. The van der Waals surface area contributed by atoms with E-state index in [1.807, 2.05) is 26.0 Å². The molecule has 39 heavy (non-hydrogen) atoms. The molecule has 198 valence electrons. The van der Waals surface area contributed by atoms with Crippen LogP contribution in [0.5, 0.6) is 11.5 Å². The van der Waals surface area contributed by atoms with Crippen LogP contribution < -0.4 is 10.1 Å². The van der Waals surface area contributed by atoms with Gasteiger partial charge in [-0.05, 0) is 67.1 Å². The highest BCUT2D eigenvalue weighted by molar-refractivity contribution is 8.18. The quantitative estimate of drug-likeness (QED) is 0.215. The Morgan fingerprint density at radius 3 is 2.49 bits per heavy atom. The number of nitrogens with zero attached hydrogens (tertiary/aromatic N) is 3. The maximum Gasteiger partial charge on any atom is 0.318 e. The summed E-state index contributed by atoms with van der Waals surface area (Å²) in [5, 5.41) is 24.4. The number of nitro benzene ring substituents is 2. The number of benzene rings is 3. The first-order valence-electron chi connectivity index (χ1n) is 11.3. The molecule has 1 aliphatic heterocycles. The minimum Gasteiger partial charge on any atom is -0.450 e. The zero-order valence-corrected chi connectivity index (χ0v) is 21.4. The monoisotopic (exact) mass is 548 g/mol. The lowest BCUT2D eigenvalue weighted by atomic mass is 10.1. The van der Waals surface area contributed by atoms with Gasteiger partial charge in [-0.2, -0.15) is 0 Å². The maximum absolute atomic E-state index is 12.9. The van der Waals surface area contributed by atoms with Gasteiger partial charge in [-0.25, -0.2) is 0 Å². The summed E-state index contributed by atoms with van der Waals surface area (Å²) >= 11 is 0.675. The summed E-state index contributed by atoms with van der Waals surface area (Å²) in [7, 11) is 0. The summed E-state index contributed by atoms with van der Waals surface area (Å²) in [4.78, 5) is 59.6. The second kappa shape index (κ2) is 11.1. The molecule has 0 aliphatic carbocycles. The van der Waals surface area contributed by atoms with E-state index in [1.165, 1.54) is 18.2 Å². The minimum absolute atomic E-state index is 0.0813. The molecule has 1 heterocycles. The lowest BCUT2D eigenvalue weighted by Crippen LogP contribution is -2.36. The number of hydrogen-bond donors (Lipinski definition) is 1. The molecule has 3 amide bonds. The van der Waals surface area contributed by atoms with Crippen LogP contribution in [0, 0.1) is 34.1 Å². The third-order valence-corrected chi connectivity index (χ3v) is 6.47. The summed E-state index contributed by atoms with van der Waals surface area (Å²) in [5.41, 5.74) is 1.86. The van der Waals surface area contributed by atoms with Crippen LogP contribution in [0.4, 0.5) is 21.9 Å². The van der Waals surface area contributed by atoms with Gasteiger partial charge in [0.15, 0.2) is 0 Å². The van der Waals surface area contributed by atoms with Crippen molar-refractivity contribution >= 4 is 52.0 Å². The second-order valence-electron chi connectivity index (χ2n) is 8.48. The summed E-state index contributed by atoms with van der Waals surface area (Å²) in [5.74, 6) is -1.21. The van der Waals surface area contributed by atoms with Gasteiger partial charge in [-0.15, -0.1) is 0 Å². The smallest absolute Gasteiger partial charge is 0.318 e. The van der Waals surface area contributed by atoms with Crippen LogP contribution in [-0.2, 0) is 9.59 Å². The fourth-order valence-corrected chi connectivity index (χ4v) is 4.56. The van der Waals surface area contributed by atoms with Crippen LogP contribution in [0.3, 0.4) is 0 Å². The van der Waals surface area contributed by atoms with Gasteiger partial charge >= 0.3 is 5.69 Å². The highest BCUT2D eigenvalue weighted by Crippen LogP contribution is 2.36. The topological polar surface area (TPSA) is 162 Å². The fraction of sp³-hybridized carbons (Fsp3) is 0.115. The van der Waals surface area contributed by atoms with E-state index in [2.05, 4.69) is 5.32 Å². The number of thioether (sulfide) groups is 1. The normalized spacial score (nSPS) is 14.0. The Hall–Kier alpha value is -5.04. The number of ether oxygens (including phenoxy) is 1. The molecule has 0 atom stereocenters. The standard InChI is InChI=1S/C26H20N4O8S/c1-15-6-8-20(16(2)10-15)27-24(31)14-28-25(32)23(39-26(28)33)12-17-4-3-5-19(11-17)38-22-9-7-18(29(34)35)13-21(22)30(36)37/h3-13H,14H2,1-2H3,(H,27,31)/b23-12+. The van der Waals surface area contributed by atoms with Crippen molar-refractivity contribution in [3.05, 3.63) is 102 Å². The van der Waals surface area contributed by atoms with Gasteiger partial charge in [0.1, 0.15) is 12.3 Å². The average molecular weight is 549 g/mol. The Balaban J connectivity index is 1.48. The number of imide groups is 1. The molecule has 4 rings (SSSR count). The molecule has 0 spiro atoms. The van der Waals surface area contributed by atoms with Crippen LogP contribution in [-0.4, -0.2) is 38.3 Å². The second-order valence-corrected chi connectivity index (χ2v) is 9.47. The van der Waals surface area contributed by atoms with Gasteiger partial charge in [0.25, 0.3) is 16.8 Å². The Labute approximate surface area is 225 Å². The number of carbonyl (C=O) groups is 3. The predicted molar refractivity (Wildman–Crippen MR) is 143 cm³/mol. The minimum atomic E-state index is -0.793. The first-order valence-corrected chi connectivity index (χ1v) is 12.2. The molecule has 0 radical (unpaired) electrons. The van der Waals surface area contributed by atoms with E-state index in [0.29, 0.717) is 23.0 Å². The van der Waals surface area contributed by atoms with Gasteiger partial charge in [-0.3, -0.25) is 39.5 Å². The van der Waals surface area contributed by atoms with E-state index in [-0.39, 0.29) is 16.4 Å². The van der Waals surface area contributed by atoms with Crippen LogP contribution in [0.25, 0.3) is 6.08 Å². The summed E-state index contributed by atoms with van der Waals surface area (Å²) in [6, 6.07) is 14.7. The summed E-state index contributed by atoms with van der Waals surface area (Å²) in [6.45, 7) is 3.30. The third-order valence-electron chi connectivity index (χ3n) is 5.57. The largest absolute Gasteiger partial charge is 0.450 e. The molecule has 13 heteroatoms. The Morgan fingerprint density at radius 2 is 1.79 bits per heavy atom. The lowest BCUT2D eigenvalue weighted by molar-refractivity contribution is -0.394. The van der Waals surface area contributed by atoms with Crippen LogP contribution in [0.1, 0.15) is 16.7 Å². The van der Waals surface area contributed by atoms with E-state index in [9.17, 15) is 34.6 Å². The maximum atomic E-state index is 12.9. The molecule has 0 aromatic heterocycles. The number of amides is 3. The average Bonchev–Trinajstić information content (AvgIpc) is 3.13.